The van der Waals surface area contributed by atoms with E-state index >= 15 is 0 Å². The van der Waals surface area contributed by atoms with Gasteiger partial charge in [0, 0.05) is 39.3 Å². The van der Waals surface area contributed by atoms with Crippen LogP contribution in [0.15, 0.2) is 24.3 Å². The lowest BCUT2D eigenvalue weighted by atomic mass is 9.94. The zero-order valence-electron chi connectivity index (χ0n) is 14.7. The monoisotopic (exact) mass is 381 g/mol. The van der Waals surface area contributed by atoms with Crippen LogP contribution in [0.1, 0.15) is 31.2 Å². The first-order valence-corrected chi connectivity index (χ1v) is 10.6. The minimum atomic E-state index is -3.40. The molecule has 0 radical (unpaired) electrons. The Labute approximate surface area is 153 Å². The number of halogens is 1. The Bertz CT molecular complexity index is 778. The van der Waals surface area contributed by atoms with Gasteiger partial charge in [-0.25, -0.2) is 4.39 Å². The average molecular weight is 381 g/mol. The summed E-state index contributed by atoms with van der Waals surface area (Å²) in [5.74, 6) is -0.264. The average Bonchev–Trinajstić information content (AvgIpc) is 3.26. The highest BCUT2D eigenvalue weighted by molar-refractivity contribution is 7.86. The molecule has 1 aromatic rings. The van der Waals surface area contributed by atoms with Crippen LogP contribution < -0.4 is 0 Å². The van der Waals surface area contributed by atoms with Crippen molar-refractivity contribution in [2.45, 2.75) is 31.1 Å². The quantitative estimate of drug-likeness (QED) is 0.791. The van der Waals surface area contributed by atoms with Gasteiger partial charge in [-0.3, -0.25) is 4.79 Å². The molecule has 4 rings (SSSR count). The summed E-state index contributed by atoms with van der Waals surface area (Å²) < 4.78 is 41.5. The van der Waals surface area contributed by atoms with Gasteiger partial charge < -0.3 is 4.90 Å². The number of benzene rings is 1. The standard InChI is InChI=1S/C18H24FN3O3S/c19-16-5-3-15(4-6-16)18(7-8-18)17(23)20-11-13-22(14-12-20)26(24,25)21-9-1-2-10-21/h3-6H,1-2,7-14H2. The summed E-state index contributed by atoms with van der Waals surface area (Å²) in [6.07, 6.45) is 3.36. The zero-order valence-corrected chi connectivity index (χ0v) is 15.5. The number of rotatable bonds is 4. The van der Waals surface area contributed by atoms with E-state index in [4.69, 9.17) is 0 Å². The number of amides is 1. The summed E-state index contributed by atoms with van der Waals surface area (Å²) in [5, 5.41) is 0. The maximum absolute atomic E-state index is 13.2. The summed E-state index contributed by atoms with van der Waals surface area (Å²) in [6, 6.07) is 6.16. The second kappa shape index (κ2) is 6.58. The lowest BCUT2D eigenvalue weighted by Gasteiger charge is -2.37. The highest BCUT2D eigenvalue weighted by Gasteiger charge is 2.53. The Morgan fingerprint density at radius 3 is 1.96 bits per heavy atom. The van der Waals surface area contributed by atoms with Crippen molar-refractivity contribution < 1.29 is 17.6 Å². The molecule has 0 bridgehead atoms. The summed E-state index contributed by atoms with van der Waals surface area (Å²) in [7, 11) is -3.40. The smallest absolute Gasteiger partial charge is 0.282 e. The fourth-order valence-electron chi connectivity index (χ4n) is 4.03. The third-order valence-electron chi connectivity index (χ3n) is 5.80. The molecule has 0 N–H and O–H groups in total. The van der Waals surface area contributed by atoms with E-state index in [1.165, 1.54) is 16.4 Å². The van der Waals surface area contributed by atoms with Crippen LogP contribution >= 0.6 is 0 Å². The van der Waals surface area contributed by atoms with Crippen molar-refractivity contribution >= 4 is 16.1 Å². The maximum atomic E-state index is 13.2. The topological polar surface area (TPSA) is 60.9 Å². The molecule has 0 aromatic heterocycles. The van der Waals surface area contributed by atoms with E-state index < -0.39 is 15.6 Å². The van der Waals surface area contributed by atoms with Gasteiger partial charge >= 0.3 is 0 Å². The SMILES string of the molecule is O=C(N1CCN(S(=O)(=O)N2CCCC2)CC1)C1(c2ccc(F)cc2)CC1. The van der Waals surface area contributed by atoms with Crippen LogP contribution in [0.4, 0.5) is 4.39 Å². The number of carbonyl (C=O) groups is 1. The molecule has 142 valence electrons. The first-order valence-electron chi connectivity index (χ1n) is 9.24. The number of hydrogen-bond acceptors (Lipinski definition) is 3. The summed E-state index contributed by atoms with van der Waals surface area (Å²) in [6.45, 7) is 2.68. The van der Waals surface area contributed by atoms with Crippen LogP contribution in [0.5, 0.6) is 0 Å². The van der Waals surface area contributed by atoms with Crippen LogP contribution in [-0.4, -0.2) is 67.1 Å². The van der Waals surface area contributed by atoms with Crippen LogP contribution in [-0.2, 0) is 20.4 Å². The second-order valence-electron chi connectivity index (χ2n) is 7.39. The van der Waals surface area contributed by atoms with Crippen molar-refractivity contribution in [3.63, 3.8) is 0 Å². The fraction of sp³-hybridized carbons (Fsp3) is 0.611. The molecule has 0 spiro atoms. The molecule has 3 fully saturated rings. The molecule has 1 aliphatic carbocycles. The summed E-state index contributed by atoms with van der Waals surface area (Å²) >= 11 is 0. The molecule has 2 saturated heterocycles. The fourth-order valence-corrected chi connectivity index (χ4v) is 5.70. The van der Waals surface area contributed by atoms with Gasteiger partial charge in [0.05, 0.1) is 5.41 Å². The van der Waals surface area contributed by atoms with Crippen molar-refractivity contribution in [1.29, 1.82) is 0 Å². The lowest BCUT2D eigenvalue weighted by Crippen LogP contribution is -2.55. The van der Waals surface area contributed by atoms with Crippen molar-refractivity contribution in [3.8, 4) is 0 Å². The van der Waals surface area contributed by atoms with Gasteiger partial charge in [0.2, 0.25) is 5.91 Å². The minimum absolute atomic E-state index is 0.0438. The predicted molar refractivity (Wildman–Crippen MR) is 95.2 cm³/mol. The van der Waals surface area contributed by atoms with E-state index in [0.717, 1.165) is 31.2 Å². The van der Waals surface area contributed by atoms with E-state index in [1.54, 1.807) is 21.3 Å². The second-order valence-corrected chi connectivity index (χ2v) is 9.32. The molecule has 3 aliphatic rings. The van der Waals surface area contributed by atoms with Gasteiger partial charge in [-0.05, 0) is 43.4 Å². The number of piperazine rings is 1. The van der Waals surface area contributed by atoms with Gasteiger partial charge in [0.15, 0.2) is 0 Å². The van der Waals surface area contributed by atoms with E-state index in [0.29, 0.717) is 39.3 Å². The number of carbonyl (C=O) groups excluding carboxylic acids is 1. The highest BCUT2D eigenvalue weighted by atomic mass is 32.2. The van der Waals surface area contributed by atoms with Crippen molar-refractivity contribution in [2.24, 2.45) is 0 Å². The molecule has 1 saturated carbocycles. The third-order valence-corrected chi connectivity index (χ3v) is 7.84. The molecule has 0 atom stereocenters. The molecule has 2 aliphatic heterocycles. The van der Waals surface area contributed by atoms with Crippen LogP contribution in [0.2, 0.25) is 0 Å². The number of nitrogens with zero attached hydrogens (tertiary/aromatic N) is 3. The Kier molecular flexibility index (Phi) is 4.53. The first-order chi connectivity index (χ1) is 12.4. The van der Waals surface area contributed by atoms with E-state index in [1.807, 2.05) is 0 Å². The van der Waals surface area contributed by atoms with Crippen molar-refractivity contribution in [3.05, 3.63) is 35.6 Å². The number of hydrogen-bond donors (Lipinski definition) is 0. The Morgan fingerprint density at radius 1 is 0.885 bits per heavy atom. The predicted octanol–water partition coefficient (Wildman–Crippen LogP) is 1.34. The highest BCUT2D eigenvalue weighted by Crippen LogP contribution is 2.49. The molecule has 1 amide bonds. The van der Waals surface area contributed by atoms with Gasteiger partial charge in [0.25, 0.3) is 10.2 Å². The largest absolute Gasteiger partial charge is 0.339 e. The maximum Gasteiger partial charge on any atom is 0.282 e. The summed E-state index contributed by atoms with van der Waals surface area (Å²) in [4.78, 5) is 14.8. The van der Waals surface area contributed by atoms with Gasteiger partial charge in [-0.1, -0.05) is 12.1 Å². The van der Waals surface area contributed by atoms with Gasteiger partial charge in [-0.15, -0.1) is 0 Å². The molecule has 6 nitrogen and oxygen atoms in total. The first kappa shape index (κ1) is 17.9. The van der Waals surface area contributed by atoms with Crippen molar-refractivity contribution in [2.75, 3.05) is 39.3 Å². The Morgan fingerprint density at radius 2 is 1.42 bits per heavy atom. The van der Waals surface area contributed by atoms with E-state index in [9.17, 15) is 17.6 Å². The Balaban J connectivity index is 1.42. The third kappa shape index (κ3) is 3.04. The van der Waals surface area contributed by atoms with E-state index in [-0.39, 0.29) is 11.7 Å². The van der Waals surface area contributed by atoms with Crippen molar-refractivity contribution in [1.82, 2.24) is 13.5 Å². The molecule has 2 heterocycles. The molecule has 8 heteroatoms. The minimum Gasteiger partial charge on any atom is -0.339 e. The van der Waals surface area contributed by atoms with Gasteiger partial charge in [-0.2, -0.15) is 17.0 Å². The molecule has 1 aromatic carbocycles. The Hall–Kier alpha value is -1.51. The molecule has 0 unspecified atom stereocenters. The summed E-state index contributed by atoms with van der Waals surface area (Å²) in [5.41, 5.74) is 0.319. The normalized spacial score (nSPS) is 24.0. The molecular weight excluding hydrogens is 357 g/mol. The molecule has 26 heavy (non-hydrogen) atoms. The van der Waals surface area contributed by atoms with Crippen LogP contribution in [0.3, 0.4) is 0 Å². The lowest BCUT2D eigenvalue weighted by molar-refractivity contribution is -0.135. The zero-order chi connectivity index (χ0) is 18.4. The van der Waals surface area contributed by atoms with E-state index in [2.05, 4.69) is 0 Å². The van der Waals surface area contributed by atoms with Gasteiger partial charge in [0.1, 0.15) is 5.82 Å². The van der Waals surface area contributed by atoms with Crippen LogP contribution in [0.25, 0.3) is 0 Å². The molecular formula is C18H24FN3O3S. The van der Waals surface area contributed by atoms with Crippen LogP contribution in [0, 0.1) is 5.82 Å².